The summed E-state index contributed by atoms with van der Waals surface area (Å²) in [6, 6.07) is 27.0. The smallest absolute Gasteiger partial charge is 0.247 e. The quantitative estimate of drug-likeness (QED) is 0.395. The second-order valence-electron chi connectivity index (χ2n) is 8.53. The van der Waals surface area contributed by atoms with Gasteiger partial charge in [-0.25, -0.2) is 4.99 Å². The molecule has 7 heteroatoms. The van der Waals surface area contributed by atoms with Gasteiger partial charge in [0.15, 0.2) is 0 Å². The average Bonchev–Trinajstić information content (AvgIpc) is 3.20. The van der Waals surface area contributed by atoms with Gasteiger partial charge < -0.3 is 21.4 Å². The van der Waals surface area contributed by atoms with Gasteiger partial charge in [0, 0.05) is 22.9 Å². The van der Waals surface area contributed by atoms with Crippen LogP contribution in [0.25, 0.3) is 0 Å². The predicted molar refractivity (Wildman–Crippen MR) is 136 cm³/mol. The molecule has 1 amide bonds. The van der Waals surface area contributed by atoms with E-state index in [0.29, 0.717) is 18.0 Å². The molecule has 2 aliphatic heterocycles. The van der Waals surface area contributed by atoms with Gasteiger partial charge >= 0.3 is 0 Å². The van der Waals surface area contributed by atoms with Crippen LogP contribution in [0.2, 0.25) is 0 Å². The monoisotopic (exact) mass is 452 g/mol. The molecule has 7 nitrogen and oxygen atoms in total. The number of para-hydroxylation sites is 2. The van der Waals surface area contributed by atoms with Crippen molar-refractivity contribution >= 4 is 28.8 Å². The van der Waals surface area contributed by atoms with Crippen LogP contribution in [-0.2, 0) is 4.79 Å². The van der Waals surface area contributed by atoms with E-state index in [4.69, 9.17) is 10.4 Å². The molecule has 0 radical (unpaired) electrons. The Labute approximate surface area is 199 Å². The molecular weight excluding hydrogens is 424 g/mol. The van der Waals surface area contributed by atoms with Gasteiger partial charge in [-0.3, -0.25) is 10.1 Å². The number of amides is 1. The third-order valence-corrected chi connectivity index (χ3v) is 6.35. The van der Waals surface area contributed by atoms with Gasteiger partial charge in [-0.05, 0) is 30.2 Å². The van der Waals surface area contributed by atoms with E-state index in [1.54, 1.807) is 0 Å². The Morgan fingerprint density at radius 3 is 2.35 bits per heavy atom. The molecule has 4 unspecified atom stereocenters. The van der Waals surface area contributed by atoms with E-state index in [2.05, 4.69) is 33.4 Å². The summed E-state index contributed by atoms with van der Waals surface area (Å²) in [5.41, 5.74) is 4.20. The van der Waals surface area contributed by atoms with Crippen molar-refractivity contribution in [3.8, 4) is 0 Å². The first-order valence-electron chi connectivity index (χ1n) is 11.6. The Hall–Kier alpha value is -3.97. The van der Waals surface area contributed by atoms with Gasteiger partial charge in [0.05, 0.1) is 5.71 Å². The molecular formula is C27H28N6O. The Bertz CT molecular complexity index is 1210. The lowest BCUT2D eigenvalue weighted by Crippen LogP contribution is -2.41. The second-order valence-corrected chi connectivity index (χ2v) is 8.53. The van der Waals surface area contributed by atoms with Gasteiger partial charge in [-0.1, -0.05) is 73.7 Å². The second kappa shape index (κ2) is 9.49. The molecule has 0 spiro atoms. The largest absolute Gasteiger partial charge is 0.366 e. The Morgan fingerprint density at radius 1 is 0.941 bits per heavy atom. The number of rotatable bonds is 5. The average molecular weight is 453 g/mol. The number of anilines is 2. The van der Waals surface area contributed by atoms with E-state index < -0.39 is 6.04 Å². The lowest BCUT2D eigenvalue weighted by molar-refractivity contribution is -0.118. The molecule has 3 aromatic rings. The fourth-order valence-corrected chi connectivity index (χ4v) is 4.58. The van der Waals surface area contributed by atoms with Crippen molar-refractivity contribution in [1.82, 2.24) is 10.6 Å². The lowest BCUT2D eigenvalue weighted by Gasteiger charge is -2.33. The summed E-state index contributed by atoms with van der Waals surface area (Å²) in [5, 5.41) is 22.1. The minimum Gasteiger partial charge on any atom is -0.366 e. The summed E-state index contributed by atoms with van der Waals surface area (Å²) in [5.74, 6) is 0.0549. The third-order valence-electron chi connectivity index (χ3n) is 6.35. The van der Waals surface area contributed by atoms with Crippen molar-refractivity contribution in [2.45, 2.75) is 31.7 Å². The highest BCUT2D eigenvalue weighted by molar-refractivity contribution is 6.44. The molecule has 3 aromatic carbocycles. The van der Waals surface area contributed by atoms with Crippen LogP contribution in [0, 0.1) is 11.3 Å². The number of hydrogen-bond donors (Lipinski definition) is 5. The molecule has 172 valence electrons. The molecule has 1 saturated heterocycles. The van der Waals surface area contributed by atoms with Crippen molar-refractivity contribution in [2.24, 2.45) is 10.9 Å². The zero-order valence-electron chi connectivity index (χ0n) is 19.0. The maximum Gasteiger partial charge on any atom is 0.247 e. The van der Waals surface area contributed by atoms with Gasteiger partial charge in [-0.15, -0.1) is 0 Å². The predicted octanol–water partition coefficient (Wildman–Crippen LogP) is 4.45. The molecule has 34 heavy (non-hydrogen) atoms. The van der Waals surface area contributed by atoms with Crippen LogP contribution in [0.3, 0.4) is 0 Å². The molecule has 2 aliphatic rings. The highest BCUT2D eigenvalue weighted by atomic mass is 16.2. The van der Waals surface area contributed by atoms with Crippen molar-refractivity contribution in [1.29, 1.82) is 5.41 Å². The molecule has 4 atom stereocenters. The summed E-state index contributed by atoms with van der Waals surface area (Å²) in [6.07, 6.45) is 0.180. The van der Waals surface area contributed by atoms with E-state index in [1.165, 1.54) is 0 Å². The van der Waals surface area contributed by atoms with Crippen LogP contribution in [0.15, 0.2) is 89.9 Å². The zero-order chi connectivity index (χ0) is 23.5. The molecule has 0 bridgehead atoms. The van der Waals surface area contributed by atoms with E-state index in [-0.39, 0.29) is 24.2 Å². The van der Waals surface area contributed by atoms with Crippen LogP contribution in [0.5, 0.6) is 0 Å². The summed E-state index contributed by atoms with van der Waals surface area (Å²) in [4.78, 5) is 18.0. The number of hydrogen-bond acceptors (Lipinski definition) is 5. The van der Waals surface area contributed by atoms with E-state index in [9.17, 15) is 4.79 Å². The number of carbonyl (C=O) groups is 1. The van der Waals surface area contributed by atoms with Crippen LogP contribution < -0.4 is 21.3 Å². The van der Waals surface area contributed by atoms with Crippen molar-refractivity contribution < 1.29 is 4.79 Å². The summed E-state index contributed by atoms with van der Waals surface area (Å²) >= 11 is 0. The maximum absolute atomic E-state index is 13.1. The summed E-state index contributed by atoms with van der Waals surface area (Å²) in [7, 11) is 0. The normalized spacial score (nSPS) is 24.7. The van der Waals surface area contributed by atoms with Crippen molar-refractivity contribution in [2.75, 3.05) is 10.6 Å². The molecule has 5 rings (SSSR count). The van der Waals surface area contributed by atoms with Crippen molar-refractivity contribution in [3.05, 3.63) is 96.1 Å². The SMILES string of the molecule is CCC1C(=N)C(=NC2NC(c3ccccc3)Nc3ccccc32)NC1C(=O)Nc1ccccc1. The van der Waals surface area contributed by atoms with Crippen LogP contribution >= 0.6 is 0 Å². The number of benzene rings is 3. The first kappa shape index (κ1) is 21.9. The van der Waals surface area contributed by atoms with Crippen molar-refractivity contribution in [3.63, 3.8) is 0 Å². The highest BCUT2D eigenvalue weighted by Crippen LogP contribution is 2.34. The van der Waals surface area contributed by atoms with Crippen LogP contribution in [0.4, 0.5) is 11.4 Å². The Morgan fingerprint density at radius 2 is 1.62 bits per heavy atom. The molecule has 1 fully saturated rings. The lowest BCUT2D eigenvalue weighted by atomic mass is 9.95. The van der Waals surface area contributed by atoms with Gasteiger partial charge in [0.25, 0.3) is 0 Å². The van der Waals surface area contributed by atoms with E-state index >= 15 is 0 Å². The van der Waals surface area contributed by atoms with E-state index in [0.717, 1.165) is 22.5 Å². The first-order chi connectivity index (χ1) is 16.6. The number of nitrogens with one attached hydrogen (secondary N) is 5. The minimum absolute atomic E-state index is 0.125. The first-order valence-corrected chi connectivity index (χ1v) is 11.6. The molecule has 2 heterocycles. The topological polar surface area (TPSA) is 101 Å². The number of nitrogens with zero attached hydrogens (tertiary/aromatic N) is 1. The highest BCUT2D eigenvalue weighted by Gasteiger charge is 2.40. The number of amidine groups is 1. The van der Waals surface area contributed by atoms with Crippen LogP contribution in [0.1, 0.15) is 36.8 Å². The Kier molecular flexibility index (Phi) is 6.10. The molecule has 5 N–H and O–H groups in total. The zero-order valence-corrected chi connectivity index (χ0v) is 19.0. The maximum atomic E-state index is 13.1. The van der Waals surface area contributed by atoms with Gasteiger partial charge in [-0.2, -0.15) is 0 Å². The Balaban J connectivity index is 1.42. The summed E-state index contributed by atoms with van der Waals surface area (Å²) in [6.45, 7) is 2.00. The molecule has 0 aliphatic carbocycles. The molecule has 0 saturated carbocycles. The summed E-state index contributed by atoms with van der Waals surface area (Å²) < 4.78 is 0. The third kappa shape index (κ3) is 4.30. The molecule has 0 aromatic heterocycles. The fourth-order valence-electron chi connectivity index (χ4n) is 4.58. The number of aliphatic imine (C=N–C) groups is 1. The van der Waals surface area contributed by atoms with Crippen LogP contribution in [-0.4, -0.2) is 23.5 Å². The van der Waals surface area contributed by atoms with Gasteiger partial charge in [0.1, 0.15) is 24.2 Å². The van der Waals surface area contributed by atoms with E-state index in [1.807, 2.05) is 79.7 Å². The minimum atomic E-state index is -0.543. The number of carbonyl (C=O) groups excluding carboxylic acids is 1. The van der Waals surface area contributed by atoms with Gasteiger partial charge in [0.2, 0.25) is 5.91 Å². The standard InChI is InChI=1S/C27H28N6O/c1-2-19-22(28)26(31-23(19)27(34)29-18-13-7-4-8-14-18)33-25-20-15-9-10-16-21(20)30-24(32-25)17-11-5-3-6-12-17/h3-16,19,23-25,28,30,32H,2H2,1H3,(H,29,34)(H,31,33). The fraction of sp³-hybridized carbons (Fsp3) is 0.222. The number of fused-ring (bicyclic) bond motifs is 1.